The molecule has 0 aliphatic rings. The summed E-state index contributed by atoms with van der Waals surface area (Å²) in [5.41, 5.74) is 8.49. The summed E-state index contributed by atoms with van der Waals surface area (Å²) in [6.07, 6.45) is -0.772. The van der Waals surface area contributed by atoms with E-state index in [9.17, 15) is 19.2 Å². The highest BCUT2D eigenvalue weighted by molar-refractivity contribution is 6.19. The van der Waals surface area contributed by atoms with E-state index in [-0.39, 0.29) is 5.56 Å². The minimum absolute atomic E-state index is 0.289. The number of carboxylic acid groups (broad SMARTS) is 2. The smallest absolute Gasteiger partial charge is 0.326 e. The highest BCUT2D eigenvalue weighted by Gasteiger charge is 2.24. The van der Waals surface area contributed by atoms with Crippen LogP contribution in [0.5, 0.6) is 5.75 Å². The van der Waals surface area contributed by atoms with Crippen LogP contribution in [0.4, 0.5) is 0 Å². The molecular formula is C26H23N3O7. The first-order valence-corrected chi connectivity index (χ1v) is 11.0. The number of aromatic nitrogens is 1. The molecule has 0 fully saturated rings. The summed E-state index contributed by atoms with van der Waals surface area (Å²) in [7, 11) is 0. The number of primary amides is 1. The van der Waals surface area contributed by atoms with Gasteiger partial charge in [0, 0.05) is 17.5 Å². The first-order valence-electron chi connectivity index (χ1n) is 11.0. The quantitative estimate of drug-likeness (QED) is 0.266. The van der Waals surface area contributed by atoms with Gasteiger partial charge in [-0.15, -0.1) is 0 Å². The molecule has 1 aromatic heterocycles. The second-order valence-electron chi connectivity index (χ2n) is 8.13. The van der Waals surface area contributed by atoms with Crippen molar-refractivity contribution >= 4 is 45.6 Å². The second-order valence-corrected chi connectivity index (χ2v) is 8.13. The number of ether oxygens (including phenoxy) is 1. The number of nitrogens with two attached hydrogens (primary N) is 1. The molecule has 10 heteroatoms. The molecule has 0 radical (unpaired) electrons. The molecule has 0 bridgehead atoms. The van der Waals surface area contributed by atoms with Crippen LogP contribution in [0, 0.1) is 0 Å². The molecule has 0 unspecified atom stereocenters. The number of benzene rings is 3. The Hall–Kier alpha value is -4.86. The number of aliphatic carboxylic acids is 2. The maximum absolute atomic E-state index is 12.4. The number of carbonyl (C=O) groups excluding carboxylic acids is 2. The van der Waals surface area contributed by atoms with E-state index in [2.05, 4.69) is 5.32 Å². The number of fused-ring (bicyclic) bond motifs is 3. The second kappa shape index (κ2) is 10.2. The van der Waals surface area contributed by atoms with Crippen LogP contribution >= 0.6 is 0 Å². The van der Waals surface area contributed by atoms with Crippen molar-refractivity contribution in [1.29, 1.82) is 0 Å². The lowest BCUT2D eigenvalue weighted by molar-refractivity contribution is -0.147. The summed E-state index contributed by atoms with van der Waals surface area (Å²) in [5.74, 6) is -3.96. The van der Waals surface area contributed by atoms with Crippen molar-refractivity contribution in [1.82, 2.24) is 9.88 Å². The largest absolute Gasteiger partial charge is 0.483 e. The van der Waals surface area contributed by atoms with Crippen LogP contribution < -0.4 is 15.8 Å². The molecule has 0 saturated heterocycles. The summed E-state index contributed by atoms with van der Waals surface area (Å²) < 4.78 is 7.78. The van der Waals surface area contributed by atoms with Crippen LogP contribution in [0.1, 0.15) is 22.3 Å². The Morgan fingerprint density at radius 1 is 0.889 bits per heavy atom. The Labute approximate surface area is 204 Å². The molecular weight excluding hydrogens is 466 g/mol. The monoisotopic (exact) mass is 489 g/mol. The van der Waals surface area contributed by atoms with Gasteiger partial charge in [-0.05, 0) is 29.8 Å². The number of hydrogen-bond donors (Lipinski definition) is 4. The van der Waals surface area contributed by atoms with Crippen molar-refractivity contribution in [2.24, 2.45) is 5.73 Å². The predicted molar refractivity (Wildman–Crippen MR) is 131 cm³/mol. The van der Waals surface area contributed by atoms with Gasteiger partial charge in [0.15, 0.2) is 6.61 Å². The van der Waals surface area contributed by atoms with Crippen LogP contribution in [0.3, 0.4) is 0 Å². The van der Waals surface area contributed by atoms with E-state index in [0.29, 0.717) is 23.1 Å². The molecule has 0 saturated carbocycles. The zero-order chi connectivity index (χ0) is 25.8. The average Bonchev–Trinajstić information content (AvgIpc) is 3.16. The molecule has 0 spiro atoms. The molecule has 2 amide bonds. The van der Waals surface area contributed by atoms with Crippen LogP contribution in [-0.2, 0) is 20.9 Å². The summed E-state index contributed by atoms with van der Waals surface area (Å²) in [6, 6.07) is 18.6. The van der Waals surface area contributed by atoms with E-state index >= 15 is 0 Å². The topological polar surface area (TPSA) is 161 Å². The number of carbonyl (C=O) groups is 4. The number of rotatable bonds is 10. The van der Waals surface area contributed by atoms with Gasteiger partial charge in [-0.3, -0.25) is 14.4 Å². The summed E-state index contributed by atoms with van der Waals surface area (Å²) in [4.78, 5) is 46.8. The third-order valence-corrected chi connectivity index (χ3v) is 5.70. The first-order chi connectivity index (χ1) is 17.3. The lowest BCUT2D eigenvalue weighted by atomic mass is 10.1. The van der Waals surface area contributed by atoms with Crippen LogP contribution in [0.2, 0.25) is 0 Å². The molecule has 5 N–H and O–H groups in total. The van der Waals surface area contributed by atoms with E-state index in [1.54, 1.807) is 24.3 Å². The minimum atomic E-state index is -1.59. The molecule has 36 heavy (non-hydrogen) atoms. The van der Waals surface area contributed by atoms with E-state index in [1.807, 2.05) is 47.0 Å². The van der Waals surface area contributed by atoms with Crippen LogP contribution in [0.25, 0.3) is 21.8 Å². The van der Waals surface area contributed by atoms with Crippen molar-refractivity contribution in [3.8, 4) is 5.75 Å². The normalized spacial score (nSPS) is 11.8. The van der Waals surface area contributed by atoms with Crippen molar-refractivity contribution < 1.29 is 34.1 Å². The maximum Gasteiger partial charge on any atom is 0.326 e. The van der Waals surface area contributed by atoms with Gasteiger partial charge in [0.1, 0.15) is 11.8 Å². The molecule has 4 rings (SSSR count). The SMILES string of the molecule is NC(=O)c1cccc2c1c1c(OCC(=O)N[C@@H](CC(=O)O)C(=O)O)cccc1n2Cc1ccccc1. The van der Waals surface area contributed by atoms with Crippen molar-refractivity contribution in [2.75, 3.05) is 6.61 Å². The van der Waals surface area contributed by atoms with Gasteiger partial charge in [-0.2, -0.15) is 0 Å². The fraction of sp³-hybridized carbons (Fsp3) is 0.154. The summed E-state index contributed by atoms with van der Waals surface area (Å²) in [5, 5.41) is 21.3. The van der Waals surface area contributed by atoms with Crippen LogP contribution in [-0.4, -0.2) is 51.2 Å². The fourth-order valence-corrected chi connectivity index (χ4v) is 4.17. The fourth-order valence-electron chi connectivity index (χ4n) is 4.17. The summed E-state index contributed by atoms with van der Waals surface area (Å²) >= 11 is 0. The molecule has 1 atom stereocenters. The number of amides is 2. The van der Waals surface area contributed by atoms with E-state index in [4.69, 9.17) is 20.7 Å². The number of carboxylic acids is 2. The Balaban J connectivity index is 1.74. The first kappa shape index (κ1) is 24.3. The number of nitrogens with zero attached hydrogens (tertiary/aromatic N) is 1. The van der Waals surface area contributed by atoms with Gasteiger partial charge in [-0.25, -0.2) is 4.79 Å². The average molecular weight is 489 g/mol. The van der Waals surface area contributed by atoms with Gasteiger partial charge >= 0.3 is 11.9 Å². The Bertz CT molecular complexity index is 1480. The molecule has 0 aliphatic heterocycles. The Kier molecular flexibility index (Phi) is 6.86. The highest BCUT2D eigenvalue weighted by atomic mass is 16.5. The summed E-state index contributed by atoms with van der Waals surface area (Å²) in [6.45, 7) is -0.0604. The number of nitrogens with one attached hydrogen (secondary N) is 1. The Morgan fingerprint density at radius 2 is 1.56 bits per heavy atom. The van der Waals surface area contributed by atoms with Gasteiger partial charge in [0.2, 0.25) is 5.91 Å². The van der Waals surface area contributed by atoms with Crippen molar-refractivity contribution in [3.63, 3.8) is 0 Å². The zero-order valence-corrected chi connectivity index (χ0v) is 19.0. The van der Waals surface area contributed by atoms with Gasteiger partial charge in [0.25, 0.3) is 5.91 Å². The zero-order valence-electron chi connectivity index (χ0n) is 19.0. The minimum Gasteiger partial charge on any atom is -0.483 e. The molecule has 0 aliphatic carbocycles. The van der Waals surface area contributed by atoms with Gasteiger partial charge in [0.05, 0.1) is 22.8 Å². The number of hydrogen-bond acceptors (Lipinski definition) is 5. The molecule has 3 aromatic carbocycles. The lowest BCUT2D eigenvalue weighted by Gasteiger charge is -2.13. The molecule has 10 nitrogen and oxygen atoms in total. The molecule has 1 heterocycles. The van der Waals surface area contributed by atoms with E-state index in [1.165, 1.54) is 0 Å². The highest BCUT2D eigenvalue weighted by Crippen LogP contribution is 2.38. The lowest BCUT2D eigenvalue weighted by Crippen LogP contribution is -2.44. The molecule has 4 aromatic rings. The standard InChI is InChI=1S/C26H23N3O7/c27-25(33)16-8-4-9-18-23(16)24-19(29(18)13-15-6-2-1-3-7-15)10-5-11-20(24)36-14-21(30)28-17(26(34)35)12-22(31)32/h1-11,17H,12-14H2,(H2,27,33)(H,28,30)(H,31,32)(H,34,35)/t17-/m0/s1. The van der Waals surface area contributed by atoms with Gasteiger partial charge in [-0.1, -0.05) is 42.5 Å². The van der Waals surface area contributed by atoms with Crippen molar-refractivity contribution in [3.05, 3.63) is 77.9 Å². The van der Waals surface area contributed by atoms with E-state index in [0.717, 1.165) is 16.6 Å². The predicted octanol–water partition coefficient (Wildman–Crippen LogP) is 2.36. The Morgan fingerprint density at radius 3 is 2.19 bits per heavy atom. The van der Waals surface area contributed by atoms with E-state index < -0.39 is 42.8 Å². The third-order valence-electron chi connectivity index (χ3n) is 5.70. The van der Waals surface area contributed by atoms with Crippen LogP contribution in [0.15, 0.2) is 66.7 Å². The van der Waals surface area contributed by atoms with Gasteiger partial charge < -0.3 is 30.6 Å². The molecule has 184 valence electrons. The maximum atomic E-state index is 12.4. The third kappa shape index (κ3) is 4.97. The van der Waals surface area contributed by atoms with Crippen molar-refractivity contribution in [2.45, 2.75) is 19.0 Å².